The molecule has 136 valence electrons. The van der Waals surface area contributed by atoms with E-state index in [0.29, 0.717) is 23.0 Å². The van der Waals surface area contributed by atoms with Crippen LogP contribution in [-0.2, 0) is 12.7 Å². The average Bonchev–Trinajstić information content (AvgIpc) is 2.97. The molecule has 0 bridgehead atoms. The standard InChI is InChI=1S/C17H18ClF3N2OS/c1-3-23(10-14-7-8-15(18)25-14)16(24)22-11(2)12-5-4-6-13(9-12)17(19,20)21/h4-9,11H,3,10H2,1-2H3,(H,22,24). The third-order valence-corrected chi connectivity index (χ3v) is 4.91. The van der Waals surface area contributed by atoms with Gasteiger partial charge >= 0.3 is 12.2 Å². The molecule has 2 amide bonds. The Morgan fingerprint density at radius 1 is 1.32 bits per heavy atom. The summed E-state index contributed by atoms with van der Waals surface area (Å²) in [5.41, 5.74) is -0.329. The Morgan fingerprint density at radius 2 is 2.04 bits per heavy atom. The highest BCUT2D eigenvalue weighted by atomic mass is 35.5. The van der Waals surface area contributed by atoms with Crippen LogP contribution >= 0.6 is 22.9 Å². The number of hydrogen-bond donors (Lipinski definition) is 1. The Morgan fingerprint density at radius 3 is 2.60 bits per heavy atom. The molecule has 0 aliphatic carbocycles. The second kappa shape index (κ2) is 8.10. The van der Waals surface area contributed by atoms with Crippen LogP contribution in [0.4, 0.5) is 18.0 Å². The molecule has 0 aliphatic rings. The highest BCUT2D eigenvalue weighted by Crippen LogP contribution is 2.30. The van der Waals surface area contributed by atoms with Gasteiger partial charge in [0.05, 0.1) is 22.5 Å². The molecule has 1 aromatic heterocycles. The van der Waals surface area contributed by atoms with Crippen LogP contribution in [0, 0.1) is 0 Å². The lowest BCUT2D eigenvalue weighted by molar-refractivity contribution is -0.137. The van der Waals surface area contributed by atoms with E-state index in [1.807, 2.05) is 13.0 Å². The van der Waals surface area contributed by atoms with Gasteiger partial charge in [-0.15, -0.1) is 11.3 Å². The highest BCUT2D eigenvalue weighted by molar-refractivity contribution is 7.16. The molecule has 2 aromatic rings. The monoisotopic (exact) mass is 390 g/mol. The molecule has 0 aliphatic heterocycles. The van der Waals surface area contributed by atoms with Crippen molar-refractivity contribution in [2.75, 3.05) is 6.54 Å². The Balaban J connectivity index is 2.05. The maximum Gasteiger partial charge on any atom is 0.416 e. The number of alkyl halides is 3. The van der Waals surface area contributed by atoms with Crippen molar-refractivity contribution in [2.45, 2.75) is 32.6 Å². The predicted octanol–water partition coefficient (Wildman–Crippen LogP) is 5.71. The number of nitrogens with one attached hydrogen (secondary N) is 1. The van der Waals surface area contributed by atoms with E-state index < -0.39 is 17.8 Å². The van der Waals surface area contributed by atoms with Gasteiger partial charge in [-0.1, -0.05) is 23.7 Å². The van der Waals surface area contributed by atoms with E-state index in [-0.39, 0.29) is 6.03 Å². The van der Waals surface area contributed by atoms with Gasteiger partial charge in [-0.2, -0.15) is 13.2 Å². The van der Waals surface area contributed by atoms with E-state index in [0.717, 1.165) is 17.0 Å². The fourth-order valence-corrected chi connectivity index (χ4v) is 3.40. The smallest absolute Gasteiger partial charge is 0.331 e. The summed E-state index contributed by atoms with van der Waals surface area (Å²) in [5.74, 6) is 0. The summed E-state index contributed by atoms with van der Waals surface area (Å²) >= 11 is 7.28. The molecule has 1 heterocycles. The van der Waals surface area contributed by atoms with E-state index >= 15 is 0 Å². The first-order valence-corrected chi connectivity index (χ1v) is 8.87. The molecule has 2 rings (SSSR count). The number of nitrogens with zero attached hydrogens (tertiary/aromatic N) is 1. The molecule has 0 radical (unpaired) electrons. The van der Waals surface area contributed by atoms with Crippen LogP contribution < -0.4 is 5.32 Å². The van der Waals surface area contributed by atoms with E-state index in [1.54, 1.807) is 24.0 Å². The lowest BCUT2D eigenvalue weighted by Gasteiger charge is -2.24. The third-order valence-electron chi connectivity index (χ3n) is 3.70. The van der Waals surface area contributed by atoms with Crippen LogP contribution in [0.1, 0.15) is 35.9 Å². The summed E-state index contributed by atoms with van der Waals surface area (Å²) in [6.45, 7) is 4.36. The van der Waals surface area contributed by atoms with Gasteiger partial charge in [0, 0.05) is 11.4 Å². The van der Waals surface area contributed by atoms with E-state index in [1.165, 1.54) is 17.4 Å². The van der Waals surface area contributed by atoms with Crippen LogP contribution in [0.2, 0.25) is 4.34 Å². The maximum atomic E-state index is 12.8. The van der Waals surface area contributed by atoms with Gasteiger partial charge in [0.1, 0.15) is 0 Å². The molecule has 1 aromatic carbocycles. The number of urea groups is 1. The van der Waals surface area contributed by atoms with Gasteiger partial charge in [-0.3, -0.25) is 0 Å². The Labute approximate surface area is 153 Å². The van der Waals surface area contributed by atoms with Crippen molar-refractivity contribution in [1.29, 1.82) is 0 Å². The van der Waals surface area contributed by atoms with E-state index in [4.69, 9.17) is 11.6 Å². The molecule has 0 saturated carbocycles. The number of thiophene rings is 1. The van der Waals surface area contributed by atoms with Crippen LogP contribution in [0.25, 0.3) is 0 Å². The molecule has 0 fully saturated rings. The topological polar surface area (TPSA) is 32.3 Å². The number of benzene rings is 1. The number of halogens is 4. The zero-order valence-electron chi connectivity index (χ0n) is 13.7. The minimum atomic E-state index is -4.41. The molecule has 25 heavy (non-hydrogen) atoms. The van der Waals surface area contributed by atoms with Crippen molar-refractivity contribution in [2.24, 2.45) is 0 Å². The minimum Gasteiger partial charge on any atom is -0.331 e. The lowest BCUT2D eigenvalue weighted by Crippen LogP contribution is -2.40. The van der Waals surface area contributed by atoms with E-state index in [2.05, 4.69) is 5.32 Å². The van der Waals surface area contributed by atoms with Crippen molar-refractivity contribution < 1.29 is 18.0 Å². The number of carbonyl (C=O) groups excluding carboxylic acids is 1. The minimum absolute atomic E-state index is 0.336. The number of rotatable bonds is 5. The van der Waals surface area contributed by atoms with Gasteiger partial charge in [0.25, 0.3) is 0 Å². The number of amides is 2. The van der Waals surface area contributed by atoms with Gasteiger partial charge in [-0.25, -0.2) is 4.79 Å². The second-order valence-corrected chi connectivity index (χ2v) is 7.31. The summed E-state index contributed by atoms with van der Waals surface area (Å²) in [7, 11) is 0. The first-order chi connectivity index (χ1) is 11.7. The van der Waals surface area contributed by atoms with Gasteiger partial charge in [0.2, 0.25) is 0 Å². The molecular formula is C17H18ClF3N2OS. The molecule has 3 nitrogen and oxygen atoms in total. The van der Waals surface area contributed by atoms with E-state index in [9.17, 15) is 18.0 Å². The molecule has 1 N–H and O–H groups in total. The second-order valence-electron chi connectivity index (χ2n) is 5.51. The predicted molar refractivity (Wildman–Crippen MR) is 93.8 cm³/mol. The first-order valence-electron chi connectivity index (χ1n) is 7.67. The molecular weight excluding hydrogens is 373 g/mol. The largest absolute Gasteiger partial charge is 0.416 e. The summed E-state index contributed by atoms with van der Waals surface area (Å²) in [6.07, 6.45) is -4.41. The van der Waals surface area contributed by atoms with Crippen molar-refractivity contribution >= 4 is 29.0 Å². The van der Waals surface area contributed by atoms with Gasteiger partial charge in [-0.05, 0) is 43.7 Å². The molecule has 1 unspecified atom stereocenters. The quantitative estimate of drug-likeness (QED) is 0.696. The molecule has 0 spiro atoms. The summed E-state index contributed by atoms with van der Waals surface area (Å²) < 4.78 is 39.1. The van der Waals surface area contributed by atoms with Crippen molar-refractivity contribution in [1.82, 2.24) is 10.2 Å². The highest BCUT2D eigenvalue weighted by Gasteiger charge is 2.30. The zero-order chi connectivity index (χ0) is 18.6. The average molecular weight is 391 g/mol. The van der Waals surface area contributed by atoms with Gasteiger partial charge in [0.15, 0.2) is 0 Å². The lowest BCUT2D eigenvalue weighted by atomic mass is 10.1. The molecule has 0 saturated heterocycles. The Kier molecular flexibility index (Phi) is 6.35. The fraction of sp³-hybridized carbons (Fsp3) is 0.353. The third kappa shape index (κ3) is 5.37. The molecule has 8 heteroatoms. The fourth-order valence-electron chi connectivity index (χ4n) is 2.30. The SMILES string of the molecule is CCN(Cc1ccc(Cl)s1)C(=O)NC(C)c1cccc(C(F)(F)F)c1. The summed E-state index contributed by atoms with van der Waals surface area (Å²) in [4.78, 5) is 14.9. The van der Waals surface area contributed by atoms with Crippen molar-refractivity contribution in [3.05, 3.63) is 56.7 Å². The molecule has 1 atom stereocenters. The zero-order valence-corrected chi connectivity index (χ0v) is 15.3. The van der Waals surface area contributed by atoms with Crippen LogP contribution in [-0.4, -0.2) is 17.5 Å². The number of hydrogen-bond acceptors (Lipinski definition) is 2. The number of carbonyl (C=O) groups is 1. The Bertz CT molecular complexity index is 733. The summed E-state index contributed by atoms with van der Waals surface area (Å²) in [6, 6.07) is 7.70. The first kappa shape index (κ1) is 19.6. The normalized spacial score (nSPS) is 12.7. The van der Waals surface area contributed by atoms with Crippen LogP contribution in [0.3, 0.4) is 0 Å². The van der Waals surface area contributed by atoms with Crippen LogP contribution in [0.15, 0.2) is 36.4 Å². The summed E-state index contributed by atoms with van der Waals surface area (Å²) in [5, 5.41) is 2.74. The Hall–Kier alpha value is -1.73. The maximum absolute atomic E-state index is 12.8. The van der Waals surface area contributed by atoms with Crippen molar-refractivity contribution in [3.8, 4) is 0 Å². The van der Waals surface area contributed by atoms with Crippen molar-refractivity contribution in [3.63, 3.8) is 0 Å². The van der Waals surface area contributed by atoms with Gasteiger partial charge < -0.3 is 10.2 Å². The van der Waals surface area contributed by atoms with Crippen LogP contribution in [0.5, 0.6) is 0 Å².